The van der Waals surface area contributed by atoms with E-state index in [1.54, 1.807) is 19.1 Å². The number of halogens is 1. The van der Waals surface area contributed by atoms with Crippen molar-refractivity contribution in [1.29, 1.82) is 0 Å². The average molecular weight is 393 g/mol. The first-order valence-corrected chi connectivity index (χ1v) is 9.75. The molecule has 0 aliphatic carbocycles. The fraction of sp³-hybridized carbons (Fsp3) is 0.462. The average Bonchev–Trinajstić information content (AvgIpc) is 3.14. The number of rotatable bonds is 9. The number of carbonyl (C=O) groups is 1. The fourth-order valence-electron chi connectivity index (χ4n) is 1.59. The molecular weight excluding hydrogens is 376 g/mol. The van der Waals surface area contributed by atoms with Crippen LogP contribution in [0.15, 0.2) is 16.5 Å². The fourth-order valence-corrected chi connectivity index (χ4v) is 4.45. The van der Waals surface area contributed by atoms with Crippen LogP contribution in [0.2, 0.25) is 4.34 Å². The maximum absolute atomic E-state index is 12.1. The second kappa shape index (κ2) is 9.43. The molecule has 0 atom stereocenters. The van der Waals surface area contributed by atoms with Crippen LogP contribution in [0.4, 0.5) is 5.13 Å². The van der Waals surface area contributed by atoms with Crippen LogP contribution < -0.4 is 5.32 Å². The number of aromatic nitrogens is 2. The summed E-state index contributed by atoms with van der Waals surface area (Å²) >= 11 is 10.2. The van der Waals surface area contributed by atoms with E-state index in [0.717, 1.165) is 18.7 Å². The molecule has 0 fully saturated rings. The largest absolute Gasteiger partial charge is 0.383 e. The van der Waals surface area contributed by atoms with Crippen molar-refractivity contribution in [3.05, 3.63) is 21.3 Å². The van der Waals surface area contributed by atoms with E-state index in [1.807, 2.05) is 12.1 Å². The van der Waals surface area contributed by atoms with Gasteiger partial charge in [0, 0.05) is 25.6 Å². The number of hydrogen-bond acceptors (Lipinski definition) is 8. The third kappa shape index (κ3) is 6.27. The van der Waals surface area contributed by atoms with E-state index in [9.17, 15) is 4.79 Å². The molecule has 0 saturated carbocycles. The molecule has 0 radical (unpaired) electrons. The van der Waals surface area contributed by atoms with Gasteiger partial charge in [-0.25, -0.2) is 0 Å². The van der Waals surface area contributed by atoms with Gasteiger partial charge in [-0.15, -0.1) is 21.5 Å². The van der Waals surface area contributed by atoms with E-state index in [4.69, 9.17) is 16.3 Å². The predicted octanol–water partition coefficient (Wildman–Crippen LogP) is 3.06. The molecule has 2 aromatic heterocycles. The highest BCUT2D eigenvalue weighted by Crippen LogP contribution is 2.26. The molecule has 2 rings (SSSR count). The summed E-state index contributed by atoms with van der Waals surface area (Å²) < 4.78 is 6.46. The molecule has 1 N–H and O–H groups in total. The minimum atomic E-state index is 0.0450. The standard InChI is InChI=1S/C13H17ClN4O2S3/c1-18(7-9-3-4-10(14)22-9)11(19)8-21-13-17-16-12(23-13)15-5-6-20-2/h3-4H,5-8H2,1-2H3,(H,15,16). The number of carbonyl (C=O) groups excluding carboxylic acids is 1. The van der Waals surface area contributed by atoms with Crippen molar-refractivity contribution in [2.24, 2.45) is 0 Å². The molecule has 6 nitrogen and oxygen atoms in total. The van der Waals surface area contributed by atoms with Crippen molar-refractivity contribution in [2.45, 2.75) is 10.9 Å². The summed E-state index contributed by atoms with van der Waals surface area (Å²) in [6, 6.07) is 3.78. The summed E-state index contributed by atoms with van der Waals surface area (Å²) in [4.78, 5) is 14.9. The lowest BCUT2D eigenvalue weighted by molar-refractivity contribution is -0.127. The molecule has 23 heavy (non-hydrogen) atoms. The van der Waals surface area contributed by atoms with Crippen molar-refractivity contribution in [3.63, 3.8) is 0 Å². The summed E-state index contributed by atoms with van der Waals surface area (Å²) in [7, 11) is 3.43. The van der Waals surface area contributed by atoms with Crippen molar-refractivity contribution in [2.75, 3.05) is 38.4 Å². The highest BCUT2D eigenvalue weighted by molar-refractivity contribution is 8.01. The van der Waals surface area contributed by atoms with Crippen molar-refractivity contribution < 1.29 is 9.53 Å². The number of hydrogen-bond donors (Lipinski definition) is 1. The van der Waals surface area contributed by atoms with Crippen LogP contribution >= 0.6 is 46.0 Å². The molecule has 126 valence electrons. The molecule has 0 aliphatic heterocycles. The molecule has 10 heteroatoms. The van der Waals surface area contributed by atoms with E-state index in [1.165, 1.54) is 34.4 Å². The maximum Gasteiger partial charge on any atom is 0.233 e. The zero-order valence-corrected chi connectivity index (χ0v) is 15.9. The normalized spacial score (nSPS) is 10.7. The van der Waals surface area contributed by atoms with Gasteiger partial charge in [-0.2, -0.15) is 0 Å². The van der Waals surface area contributed by atoms with Crippen LogP contribution in [0.25, 0.3) is 0 Å². The number of anilines is 1. The van der Waals surface area contributed by atoms with Gasteiger partial charge in [0.15, 0.2) is 4.34 Å². The predicted molar refractivity (Wildman–Crippen MR) is 96.8 cm³/mol. The van der Waals surface area contributed by atoms with Crippen LogP contribution in [0.1, 0.15) is 4.88 Å². The number of nitrogens with zero attached hydrogens (tertiary/aromatic N) is 3. The molecule has 0 spiro atoms. The van der Waals surface area contributed by atoms with Gasteiger partial charge in [0.2, 0.25) is 11.0 Å². The number of thiophene rings is 1. The SMILES string of the molecule is COCCNc1nnc(SCC(=O)N(C)Cc2ccc(Cl)s2)s1. The van der Waals surface area contributed by atoms with Crippen molar-refractivity contribution in [1.82, 2.24) is 15.1 Å². The third-order valence-electron chi connectivity index (χ3n) is 2.76. The number of nitrogens with one attached hydrogen (secondary N) is 1. The third-order valence-corrected chi connectivity index (χ3v) is 5.97. The smallest absolute Gasteiger partial charge is 0.233 e. The van der Waals surface area contributed by atoms with Crippen LogP contribution in [0.5, 0.6) is 0 Å². The molecule has 0 bridgehead atoms. The second-order valence-corrected chi connectivity index (χ2v) is 8.54. The van der Waals surface area contributed by atoms with Gasteiger partial charge in [0.1, 0.15) is 0 Å². The van der Waals surface area contributed by atoms with Gasteiger partial charge < -0.3 is 15.0 Å². The highest BCUT2D eigenvalue weighted by Gasteiger charge is 2.13. The Bertz CT molecular complexity index is 634. The Morgan fingerprint density at radius 3 is 2.96 bits per heavy atom. The van der Waals surface area contributed by atoms with E-state index < -0.39 is 0 Å². The van der Waals surface area contributed by atoms with E-state index >= 15 is 0 Å². The molecule has 1 amide bonds. The Morgan fingerprint density at radius 2 is 2.26 bits per heavy atom. The van der Waals surface area contributed by atoms with Crippen molar-refractivity contribution in [3.8, 4) is 0 Å². The highest BCUT2D eigenvalue weighted by atomic mass is 35.5. The topological polar surface area (TPSA) is 67.3 Å². The van der Waals surface area contributed by atoms with Gasteiger partial charge in [-0.05, 0) is 12.1 Å². The van der Waals surface area contributed by atoms with Crippen LogP contribution in [-0.2, 0) is 16.1 Å². The Hall–Kier alpha value is -0.870. The first-order valence-electron chi connectivity index (χ1n) is 6.75. The first-order chi connectivity index (χ1) is 11.1. The van der Waals surface area contributed by atoms with Gasteiger partial charge in [0.05, 0.1) is 23.2 Å². The Labute approximate surface area is 152 Å². The lowest BCUT2D eigenvalue weighted by atomic mass is 10.4. The van der Waals surface area contributed by atoms with Crippen LogP contribution in [0, 0.1) is 0 Å². The monoisotopic (exact) mass is 392 g/mol. The zero-order chi connectivity index (χ0) is 16.7. The van der Waals surface area contributed by atoms with E-state index in [2.05, 4.69) is 15.5 Å². The minimum absolute atomic E-state index is 0.0450. The summed E-state index contributed by atoms with van der Waals surface area (Å²) in [5.74, 6) is 0.381. The van der Waals surface area contributed by atoms with Crippen LogP contribution in [-0.4, -0.2) is 54.1 Å². The molecule has 2 aromatic rings. The lowest BCUT2D eigenvalue weighted by Gasteiger charge is -2.15. The quantitative estimate of drug-likeness (QED) is 0.522. The minimum Gasteiger partial charge on any atom is -0.383 e. The Morgan fingerprint density at radius 1 is 1.43 bits per heavy atom. The Balaban J connectivity index is 1.75. The lowest BCUT2D eigenvalue weighted by Crippen LogP contribution is -2.27. The summed E-state index contributed by atoms with van der Waals surface area (Å²) in [6.45, 7) is 1.86. The van der Waals surface area contributed by atoms with Gasteiger partial charge in [-0.1, -0.05) is 34.7 Å². The van der Waals surface area contributed by atoms with Crippen LogP contribution in [0.3, 0.4) is 0 Å². The molecule has 0 aromatic carbocycles. The van der Waals surface area contributed by atoms with E-state index in [-0.39, 0.29) is 5.91 Å². The maximum atomic E-state index is 12.1. The number of amides is 1. The molecule has 0 saturated heterocycles. The number of thioether (sulfide) groups is 1. The second-order valence-electron chi connectivity index (χ2n) is 4.54. The van der Waals surface area contributed by atoms with Gasteiger partial charge in [-0.3, -0.25) is 4.79 Å². The zero-order valence-electron chi connectivity index (χ0n) is 12.7. The summed E-state index contributed by atoms with van der Waals surface area (Å²) in [5, 5.41) is 11.9. The van der Waals surface area contributed by atoms with E-state index in [0.29, 0.717) is 25.4 Å². The molecular formula is C13H17ClN4O2S3. The van der Waals surface area contributed by atoms with Gasteiger partial charge in [0.25, 0.3) is 0 Å². The molecule has 2 heterocycles. The Kier molecular flexibility index (Phi) is 7.57. The summed E-state index contributed by atoms with van der Waals surface area (Å²) in [6.07, 6.45) is 0. The molecule has 0 aliphatic rings. The molecule has 0 unspecified atom stereocenters. The number of ether oxygens (including phenoxy) is 1. The number of methoxy groups -OCH3 is 1. The van der Waals surface area contributed by atoms with Gasteiger partial charge >= 0.3 is 0 Å². The van der Waals surface area contributed by atoms with Crippen molar-refractivity contribution >= 4 is 57.1 Å². The summed E-state index contributed by atoms with van der Waals surface area (Å²) in [5.41, 5.74) is 0. The first kappa shape index (κ1) is 18.5.